The number of nitrogens with one attached hydrogen (secondary N) is 2. The van der Waals surface area contributed by atoms with E-state index in [1.165, 1.54) is 49.4 Å². The minimum atomic E-state index is 0.724. The predicted molar refractivity (Wildman–Crippen MR) is 86.2 cm³/mol. The predicted octanol–water partition coefficient (Wildman–Crippen LogP) is 4.44. The number of benzene rings is 1. The van der Waals surface area contributed by atoms with Crippen molar-refractivity contribution in [2.45, 2.75) is 44.4 Å². The Labute approximate surface area is 122 Å². The van der Waals surface area contributed by atoms with Crippen LogP contribution in [0.1, 0.15) is 50.0 Å². The van der Waals surface area contributed by atoms with Gasteiger partial charge in [-0.3, -0.25) is 0 Å². The van der Waals surface area contributed by atoms with Crippen LogP contribution in [0.5, 0.6) is 0 Å². The second-order valence-electron chi connectivity index (χ2n) is 6.22. The van der Waals surface area contributed by atoms with Crippen molar-refractivity contribution in [2.75, 3.05) is 13.6 Å². The van der Waals surface area contributed by atoms with Gasteiger partial charge in [0.1, 0.15) is 0 Å². The molecule has 3 rings (SSSR count). The van der Waals surface area contributed by atoms with Crippen LogP contribution < -0.4 is 5.32 Å². The Kier molecular flexibility index (Phi) is 4.41. The molecule has 2 nitrogen and oxygen atoms in total. The van der Waals surface area contributed by atoms with E-state index in [1.54, 1.807) is 5.56 Å². The highest BCUT2D eigenvalue weighted by Gasteiger charge is 2.24. The normalized spacial score (nSPS) is 18.4. The summed E-state index contributed by atoms with van der Waals surface area (Å²) < 4.78 is 0. The second kappa shape index (κ2) is 6.45. The van der Waals surface area contributed by atoms with E-state index >= 15 is 0 Å². The van der Waals surface area contributed by atoms with E-state index in [-0.39, 0.29) is 0 Å². The van der Waals surface area contributed by atoms with E-state index in [0.29, 0.717) is 0 Å². The number of fused-ring (bicyclic) bond motifs is 1. The van der Waals surface area contributed by atoms with Crippen LogP contribution in [-0.2, 0) is 0 Å². The first-order valence-electron chi connectivity index (χ1n) is 8.10. The van der Waals surface area contributed by atoms with Crippen LogP contribution in [0.2, 0.25) is 0 Å². The maximum absolute atomic E-state index is 3.33. The maximum atomic E-state index is 3.33. The number of H-pyrrole nitrogens is 1. The lowest BCUT2D eigenvalue weighted by atomic mass is 9.75. The summed E-state index contributed by atoms with van der Waals surface area (Å²) >= 11 is 0. The van der Waals surface area contributed by atoms with Crippen molar-refractivity contribution >= 4 is 10.9 Å². The van der Waals surface area contributed by atoms with Gasteiger partial charge in [-0.15, -0.1) is 0 Å². The monoisotopic (exact) mass is 270 g/mol. The van der Waals surface area contributed by atoms with E-state index in [1.807, 2.05) is 6.20 Å². The van der Waals surface area contributed by atoms with Crippen LogP contribution in [-0.4, -0.2) is 18.6 Å². The highest BCUT2D eigenvalue weighted by molar-refractivity contribution is 5.80. The number of aromatic amines is 1. The largest absolute Gasteiger partial charge is 0.361 e. The first kappa shape index (κ1) is 13.7. The summed E-state index contributed by atoms with van der Waals surface area (Å²) in [5.74, 6) is 1.61. The molecule has 1 unspecified atom stereocenters. The lowest BCUT2D eigenvalue weighted by Crippen LogP contribution is -2.20. The summed E-state index contributed by atoms with van der Waals surface area (Å²) in [7, 11) is 2.06. The zero-order valence-corrected chi connectivity index (χ0v) is 12.5. The molecule has 2 heteroatoms. The van der Waals surface area contributed by atoms with Gasteiger partial charge >= 0.3 is 0 Å². The zero-order valence-electron chi connectivity index (χ0n) is 12.5. The average molecular weight is 270 g/mol. The lowest BCUT2D eigenvalue weighted by Gasteiger charge is -2.31. The van der Waals surface area contributed by atoms with Crippen LogP contribution in [0.25, 0.3) is 10.9 Å². The molecule has 0 amide bonds. The maximum Gasteiger partial charge on any atom is 0.0454 e. The van der Waals surface area contributed by atoms with Gasteiger partial charge in [0.15, 0.2) is 0 Å². The van der Waals surface area contributed by atoms with Gasteiger partial charge in [-0.1, -0.05) is 25.3 Å². The second-order valence-corrected chi connectivity index (χ2v) is 6.22. The van der Waals surface area contributed by atoms with Gasteiger partial charge < -0.3 is 10.3 Å². The fraction of sp³-hybridized carbons (Fsp3) is 0.556. The van der Waals surface area contributed by atoms with Gasteiger partial charge in [-0.2, -0.15) is 0 Å². The fourth-order valence-electron chi connectivity index (χ4n) is 3.81. The molecule has 1 fully saturated rings. The molecule has 1 aromatic heterocycles. The van der Waals surface area contributed by atoms with Crippen molar-refractivity contribution in [3.8, 4) is 0 Å². The van der Waals surface area contributed by atoms with Crippen LogP contribution in [0, 0.1) is 5.92 Å². The quantitative estimate of drug-likeness (QED) is 0.826. The molecular weight excluding hydrogens is 244 g/mol. The van der Waals surface area contributed by atoms with E-state index < -0.39 is 0 Å². The molecular formula is C18H26N2. The molecule has 0 bridgehead atoms. The van der Waals surface area contributed by atoms with Gasteiger partial charge in [0, 0.05) is 11.7 Å². The van der Waals surface area contributed by atoms with Crippen LogP contribution in [0.15, 0.2) is 30.5 Å². The molecule has 2 aromatic rings. The fourth-order valence-corrected chi connectivity index (χ4v) is 3.81. The van der Waals surface area contributed by atoms with Crippen molar-refractivity contribution in [3.63, 3.8) is 0 Å². The SMILES string of the molecule is CNCCC(c1ccc2[nH]ccc2c1)C1CCCCC1. The van der Waals surface area contributed by atoms with Crippen LogP contribution in [0.3, 0.4) is 0 Å². The third-order valence-corrected chi connectivity index (χ3v) is 4.93. The van der Waals surface area contributed by atoms with Crippen molar-refractivity contribution in [1.82, 2.24) is 10.3 Å². The Balaban J connectivity index is 1.85. The van der Waals surface area contributed by atoms with Crippen LogP contribution >= 0.6 is 0 Å². The van der Waals surface area contributed by atoms with E-state index in [9.17, 15) is 0 Å². The summed E-state index contributed by atoms with van der Waals surface area (Å²) in [6.45, 7) is 1.12. The van der Waals surface area contributed by atoms with E-state index in [4.69, 9.17) is 0 Å². The number of hydrogen-bond acceptors (Lipinski definition) is 1. The van der Waals surface area contributed by atoms with Gasteiger partial charge in [0.05, 0.1) is 0 Å². The number of aromatic nitrogens is 1. The molecule has 1 heterocycles. The molecule has 1 aliphatic rings. The third kappa shape index (κ3) is 2.90. The first-order valence-corrected chi connectivity index (χ1v) is 8.10. The number of rotatable bonds is 5. The Morgan fingerprint density at radius 1 is 1.20 bits per heavy atom. The molecule has 20 heavy (non-hydrogen) atoms. The highest BCUT2D eigenvalue weighted by Crippen LogP contribution is 2.38. The Morgan fingerprint density at radius 3 is 2.85 bits per heavy atom. The average Bonchev–Trinajstić information content (AvgIpc) is 2.96. The molecule has 0 radical (unpaired) electrons. The summed E-state index contributed by atoms with van der Waals surface area (Å²) in [6.07, 6.45) is 10.4. The number of hydrogen-bond donors (Lipinski definition) is 2. The van der Waals surface area contributed by atoms with E-state index in [0.717, 1.165) is 18.4 Å². The summed E-state index contributed by atoms with van der Waals surface area (Å²) in [6, 6.07) is 9.18. The first-order chi connectivity index (χ1) is 9.88. The topological polar surface area (TPSA) is 27.8 Å². The lowest BCUT2D eigenvalue weighted by molar-refractivity contribution is 0.293. The third-order valence-electron chi connectivity index (χ3n) is 4.93. The molecule has 108 valence electrons. The van der Waals surface area contributed by atoms with Gasteiger partial charge in [-0.25, -0.2) is 0 Å². The molecule has 0 spiro atoms. The molecule has 0 aliphatic heterocycles. The molecule has 2 N–H and O–H groups in total. The minimum Gasteiger partial charge on any atom is -0.361 e. The summed E-state index contributed by atoms with van der Waals surface area (Å²) in [5.41, 5.74) is 2.80. The van der Waals surface area contributed by atoms with Crippen molar-refractivity contribution in [2.24, 2.45) is 5.92 Å². The minimum absolute atomic E-state index is 0.724. The van der Waals surface area contributed by atoms with Gasteiger partial charge in [0.2, 0.25) is 0 Å². The Morgan fingerprint density at radius 2 is 2.05 bits per heavy atom. The van der Waals surface area contributed by atoms with Gasteiger partial charge in [0.25, 0.3) is 0 Å². The summed E-state index contributed by atoms with van der Waals surface area (Å²) in [4.78, 5) is 3.30. The molecule has 1 saturated carbocycles. The van der Waals surface area contributed by atoms with Crippen LogP contribution in [0.4, 0.5) is 0 Å². The summed E-state index contributed by atoms with van der Waals surface area (Å²) in [5, 5.41) is 4.69. The van der Waals surface area contributed by atoms with E-state index in [2.05, 4.69) is 41.6 Å². The van der Waals surface area contributed by atoms with Crippen molar-refractivity contribution in [3.05, 3.63) is 36.0 Å². The molecule has 1 atom stereocenters. The smallest absolute Gasteiger partial charge is 0.0454 e. The molecule has 0 saturated heterocycles. The van der Waals surface area contributed by atoms with Crippen molar-refractivity contribution in [1.29, 1.82) is 0 Å². The zero-order chi connectivity index (χ0) is 13.8. The van der Waals surface area contributed by atoms with Gasteiger partial charge in [-0.05, 0) is 73.8 Å². The Hall–Kier alpha value is -1.28. The molecule has 1 aromatic carbocycles. The molecule has 1 aliphatic carbocycles. The highest BCUT2D eigenvalue weighted by atomic mass is 14.8. The standard InChI is InChI=1S/C18H26N2/c1-19-11-10-17(14-5-3-2-4-6-14)15-7-8-18-16(13-15)9-12-20-18/h7-9,12-14,17,19-20H,2-6,10-11H2,1H3. The van der Waals surface area contributed by atoms with Crippen molar-refractivity contribution < 1.29 is 0 Å². The Bertz CT molecular complexity index is 537.